The first-order valence-electron chi connectivity index (χ1n) is 5.89. The number of amides is 1. The lowest BCUT2D eigenvalue weighted by Crippen LogP contribution is -2.23. The van der Waals surface area contributed by atoms with E-state index >= 15 is 0 Å². The molecular formula is C13H18N2O. The van der Waals surface area contributed by atoms with E-state index in [9.17, 15) is 4.79 Å². The van der Waals surface area contributed by atoms with Crippen molar-refractivity contribution >= 4 is 5.91 Å². The van der Waals surface area contributed by atoms with E-state index in [2.05, 4.69) is 12.2 Å². The number of benzene rings is 1. The van der Waals surface area contributed by atoms with Crippen LogP contribution in [0.15, 0.2) is 18.2 Å². The molecule has 3 heteroatoms. The maximum Gasteiger partial charge on any atom is 0.251 e. The molecule has 3 nitrogen and oxygen atoms in total. The summed E-state index contributed by atoms with van der Waals surface area (Å²) >= 11 is 0. The van der Waals surface area contributed by atoms with Gasteiger partial charge in [-0.2, -0.15) is 0 Å². The summed E-state index contributed by atoms with van der Waals surface area (Å²) in [5.74, 6) is 0.0395. The molecule has 0 saturated heterocycles. The molecule has 3 N–H and O–H groups in total. The van der Waals surface area contributed by atoms with Crippen molar-refractivity contribution in [1.82, 2.24) is 5.32 Å². The Bertz CT molecular complexity index is 401. The van der Waals surface area contributed by atoms with Gasteiger partial charge in [-0.3, -0.25) is 4.79 Å². The second-order valence-electron chi connectivity index (χ2n) is 4.29. The van der Waals surface area contributed by atoms with Crippen molar-refractivity contribution < 1.29 is 4.79 Å². The molecule has 1 aliphatic rings. The zero-order chi connectivity index (χ0) is 11.5. The molecule has 0 spiro atoms. The van der Waals surface area contributed by atoms with Crippen LogP contribution in [0.2, 0.25) is 0 Å². The molecule has 1 aliphatic heterocycles. The Balaban J connectivity index is 2.39. The number of nitrogens with two attached hydrogens (primary N) is 1. The summed E-state index contributed by atoms with van der Waals surface area (Å²) in [4.78, 5) is 11.8. The predicted octanol–water partition coefficient (Wildman–Crippen LogP) is 1.77. The highest BCUT2D eigenvalue weighted by atomic mass is 16.1. The summed E-state index contributed by atoms with van der Waals surface area (Å²) in [6, 6.07) is 6.07. The minimum atomic E-state index is 0.0290. The third-order valence-electron chi connectivity index (χ3n) is 3.15. The molecule has 1 heterocycles. The largest absolute Gasteiger partial charge is 0.352 e. The summed E-state index contributed by atoms with van der Waals surface area (Å²) < 4.78 is 0. The number of fused-ring (bicyclic) bond motifs is 1. The van der Waals surface area contributed by atoms with Crippen LogP contribution < -0.4 is 11.1 Å². The fourth-order valence-corrected chi connectivity index (χ4v) is 2.07. The van der Waals surface area contributed by atoms with Crippen LogP contribution in [0.1, 0.15) is 47.3 Å². The minimum absolute atomic E-state index is 0.0290. The maximum absolute atomic E-state index is 11.8. The van der Waals surface area contributed by atoms with Gasteiger partial charge in [0.15, 0.2) is 0 Å². The molecule has 2 rings (SSSR count). The molecular weight excluding hydrogens is 200 g/mol. The molecule has 0 aromatic heterocycles. The van der Waals surface area contributed by atoms with Gasteiger partial charge < -0.3 is 11.1 Å². The SMILES string of the molecule is CC[C@H](N)c1ccc2c(c1)C(=O)NCCC2. The fraction of sp³-hybridized carbons (Fsp3) is 0.462. The van der Waals surface area contributed by atoms with Crippen LogP contribution in [0.3, 0.4) is 0 Å². The molecule has 0 bridgehead atoms. The first kappa shape index (κ1) is 11.1. The molecule has 0 radical (unpaired) electrons. The number of nitrogens with one attached hydrogen (secondary N) is 1. The van der Waals surface area contributed by atoms with Crippen molar-refractivity contribution in [2.45, 2.75) is 32.2 Å². The highest BCUT2D eigenvalue weighted by molar-refractivity contribution is 5.96. The summed E-state index contributed by atoms with van der Waals surface area (Å²) in [7, 11) is 0. The number of carbonyl (C=O) groups excluding carboxylic acids is 1. The Morgan fingerprint density at radius 3 is 3.06 bits per heavy atom. The number of rotatable bonds is 2. The Morgan fingerprint density at radius 2 is 2.31 bits per heavy atom. The van der Waals surface area contributed by atoms with E-state index in [1.807, 2.05) is 18.2 Å². The normalized spacial score (nSPS) is 17.2. The fourth-order valence-electron chi connectivity index (χ4n) is 2.07. The summed E-state index contributed by atoms with van der Waals surface area (Å²) in [5, 5.41) is 2.91. The standard InChI is InChI=1S/C13H18N2O/c1-2-12(14)10-6-5-9-4-3-7-15-13(16)11(9)8-10/h5-6,8,12H,2-4,7,14H2,1H3,(H,15,16)/t12-/m0/s1. The summed E-state index contributed by atoms with van der Waals surface area (Å²) in [6.07, 6.45) is 2.87. The van der Waals surface area contributed by atoms with E-state index in [1.54, 1.807) is 0 Å². The van der Waals surface area contributed by atoms with Crippen LogP contribution in [0.5, 0.6) is 0 Å². The Hall–Kier alpha value is -1.35. The van der Waals surface area contributed by atoms with Gasteiger partial charge in [-0.25, -0.2) is 0 Å². The Morgan fingerprint density at radius 1 is 1.50 bits per heavy atom. The van der Waals surface area contributed by atoms with Crippen molar-refractivity contribution in [3.63, 3.8) is 0 Å². The van der Waals surface area contributed by atoms with Gasteiger partial charge in [-0.15, -0.1) is 0 Å². The van der Waals surface area contributed by atoms with Gasteiger partial charge >= 0.3 is 0 Å². The number of hydrogen-bond donors (Lipinski definition) is 2. The third-order valence-corrected chi connectivity index (χ3v) is 3.15. The monoisotopic (exact) mass is 218 g/mol. The highest BCUT2D eigenvalue weighted by Gasteiger charge is 2.16. The van der Waals surface area contributed by atoms with Crippen molar-refractivity contribution in [3.8, 4) is 0 Å². The van der Waals surface area contributed by atoms with E-state index in [4.69, 9.17) is 5.73 Å². The lowest BCUT2D eigenvalue weighted by molar-refractivity contribution is 0.0956. The van der Waals surface area contributed by atoms with Crippen LogP contribution in [0.25, 0.3) is 0 Å². The maximum atomic E-state index is 11.8. The zero-order valence-electron chi connectivity index (χ0n) is 9.62. The summed E-state index contributed by atoms with van der Waals surface area (Å²) in [5.41, 5.74) is 8.98. The zero-order valence-corrected chi connectivity index (χ0v) is 9.62. The van der Waals surface area contributed by atoms with Gasteiger partial charge in [0.05, 0.1) is 0 Å². The quantitative estimate of drug-likeness (QED) is 0.795. The van der Waals surface area contributed by atoms with Crippen molar-refractivity contribution in [1.29, 1.82) is 0 Å². The van der Waals surface area contributed by atoms with Crippen LogP contribution in [-0.4, -0.2) is 12.5 Å². The number of aryl methyl sites for hydroxylation is 1. The smallest absolute Gasteiger partial charge is 0.251 e. The van der Waals surface area contributed by atoms with E-state index in [0.29, 0.717) is 0 Å². The molecule has 1 aromatic rings. The molecule has 1 atom stereocenters. The van der Waals surface area contributed by atoms with Crippen LogP contribution in [-0.2, 0) is 6.42 Å². The van der Waals surface area contributed by atoms with E-state index in [-0.39, 0.29) is 11.9 Å². The van der Waals surface area contributed by atoms with Gasteiger partial charge in [0, 0.05) is 18.2 Å². The highest BCUT2D eigenvalue weighted by Crippen LogP contribution is 2.21. The number of carbonyl (C=O) groups is 1. The van der Waals surface area contributed by atoms with E-state index < -0.39 is 0 Å². The first-order chi connectivity index (χ1) is 7.72. The molecule has 86 valence electrons. The Labute approximate surface area is 96.0 Å². The first-order valence-corrected chi connectivity index (χ1v) is 5.89. The topological polar surface area (TPSA) is 55.1 Å². The van der Waals surface area contributed by atoms with Crippen LogP contribution in [0.4, 0.5) is 0 Å². The van der Waals surface area contributed by atoms with Crippen molar-refractivity contribution in [3.05, 3.63) is 34.9 Å². The van der Waals surface area contributed by atoms with E-state index in [0.717, 1.165) is 42.5 Å². The van der Waals surface area contributed by atoms with Crippen molar-refractivity contribution in [2.75, 3.05) is 6.54 Å². The predicted molar refractivity (Wildman–Crippen MR) is 64.3 cm³/mol. The molecule has 0 aliphatic carbocycles. The second kappa shape index (κ2) is 4.66. The van der Waals surface area contributed by atoms with E-state index in [1.165, 1.54) is 0 Å². The molecule has 0 fully saturated rings. The molecule has 1 amide bonds. The van der Waals surface area contributed by atoms with Gasteiger partial charge in [0.2, 0.25) is 0 Å². The number of hydrogen-bond acceptors (Lipinski definition) is 2. The van der Waals surface area contributed by atoms with Gasteiger partial charge in [-0.1, -0.05) is 19.1 Å². The van der Waals surface area contributed by atoms with Gasteiger partial charge in [-0.05, 0) is 36.5 Å². The Kier molecular flexibility index (Phi) is 3.25. The molecule has 16 heavy (non-hydrogen) atoms. The lowest BCUT2D eigenvalue weighted by atomic mass is 9.97. The molecule has 0 unspecified atom stereocenters. The van der Waals surface area contributed by atoms with Crippen LogP contribution >= 0.6 is 0 Å². The lowest BCUT2D eigenvalue weighted by Gasteiger charge is -2.12. The molecule has 0 saturated carbocycles. The van der Waals surface area contributed by atoms with Crippen molar-refractivity contribution in [2.24, 2.45) is 5.73 Å². The van der Waals surface area contributed by atoms with Crippen LogP contribution in [0, 0.1) is 0 Å². The third kappa shape index (κ3) is 2.09. The average Bonchev–Trinajstić information content (AvgIpc) is 2.50. The molecule has 1 aromatic carbocycles. The minimum Gasteiger partial charge on any atom is -0.352 e. The van der Waals surface area contributed by atoms with Gasteiger partial charge in [0.1, 0.15) is 0 Å². The van der Waals surface area contributed by atoms with Gasteiger partial charge in [0.25, 0.3) is 5.91 Å². The second-order valence-corrected chi connectivity index (χ2v) is 4.29. The summed E-state index contributed by atoms with van der Waals surface area (Å²) in [6.45, 7) is 2.82. The average molecular weight is 218 g/mol.